The first-order valence-electron chi connectivity index (χ1n) is 5.53. The van der Waals surface area contributed by atoms with Crippen LogP contribution in [0.5, 0.6) is 0 Å². The molecule has 0 aromatic rings. The lowest BCUT2D eigenvalue weighted by molar-refractivity contribution is -0.152. The second kappa shape index (κ2) is 5.16. The molecule has 17 heavy (non-hydrogen) atoms. The zero-order chi connectivity index (χ0) is 13.1. The van der Waals surface area contributed by atoms with Gasteiger partial charge in [0.05, 0.1) is 6.42 Å². The van der Waals surface area contributed by atoms with Crippen molar-refractivity contribution >= 4 is 17.9 Å². The number of imide groups is 1. The van der Waals surface area contributed by atoms with Crippen LogP contribution in [0.3, 0.4) is 0 Å². The number of amides is 3. The van der Waals surface area contributed by atoms with Gasteiger partial charge in [-0.2, -0.15) is 0 Å². The Balaban J connectivity index is 2.33. The highest BCUT2D eigenvalue weighted by molar-refractivity contribution is 5.96. The molecule has 0 bridgehead atoms. The van der Waals surface area contributed by atoms with Crippen molar-refractivity contribution < 1.29 is 19.1 Å². The number of ether oxygens (including phenoxy) is 1. The van der Waals surface area contributed by atoms with Gasteiger partial charge in [-0.05, 0) is 5.41 Å². The summed E-state index contributed by atoms with van der Waals surface area (Å²) in [5, 5.41) is 2.50. The van der Waals surface area contributed by atoms with Crippen molar-refractivity contribution in [2.45, 2.75) is 27.2 Å². The quantitative estimate of drug-likeness (QED) is 0.732. The molecular formula is C11H18N2O4. The molecule has 96 valence electrons. The minimum absolute atomic E-state index is 0.175. The molecule has 6 nitrogen and oxygen atoms in total. The summed E-state index contributed by atoms with van der Waals surface area (Å²) >= 11 is 0. The van der Waals surface area contributed by atoms with E-state index in [9.17, 15) is 14.4 Å². The molecule has 0 spiro atoms. The van der Waals surface area contributed by atoms with E-state index in [1.54, 1.807) is 0 Å². The maximum atomic E-state index is 11.5. The van der Waals surface area contributed by atoms with Gasteiger partial charge in [0.25, 0.3) is 5.91 Å². The molecule has 1 saturated heterocycles. The Kier molecular flexibility index (Phi) is 4.09. The Bertz CT molecular complexity index is 333. The van der Waals surface area contributed by atoms with Crippen molar-refractivity contribution in [3.8, 4) is 0 Å². The van der Waals surface area contributed by atoms with Gasteiger partial charge in [-0.15, -0.1) is 0 Å². The number of carbonyl (C=O) groups is 3. The first kappa shape index (κ1) is 13.5. The lowest BCUT2D eigenvalue weighted by Gasteiger charge is -2.17. The maximum Gasteiger partial charge on any atom is 0.324 e. The molecule has 0 unspecified atom stereocenters. The summed E-state index contributed by atoms with van der Waals surface area (Å²) in [7, 11) is 0. The van der Waals surface area contributed by atoms with E-state index >= 15 is 0 Å². The van der Waals surface area contributed by atoms with Crippen LogP contribution in [0.1, 0.15) is 27.2 Å². The normalized spacial score (nSPS) is 15.7. The second-order valence-electron chi connectivity index (χ2n) is 5.18. The maximum absolute atomic E-state index is 11.5. The number of urea groups is 1. The zero-order valence-corrected chi connectivity index (χ0v) is 10.4. The monoisotopic (exact) mass is 242 g/mol. The molecule has 1 fully saturated rings. The molecule has 0 aromatic carbocycles. The number of nitrogens with zero attached hydrogens (tertiary/aromatic N) is 1. The van der Waals surface area contributed by atoms with Gasteiger partial charge in [-0.1, -0.05) is 20.8 Å². The van der Waals surface area contributed by atoms with Crippen molar-refractivity contribution in [1.82, 2.24) is 10.2 Å². The van der Waals surface area contributed by atoms with Crippen LogP contribution >= 0.6 is 0 Å². The third-order valence-corrected chi connectivity index (χ3v) is 2.19. The molecule has 0 saturated carbocycles. The fourth-order valence-corrected chi connectivity index (χ4v) is 1.41. The number of rotatable bonds is 3. The summed E-state index contributed by atoms with van der Waals surface area (Å²) in [4.78, 5) is 35.1. The van der Waals surface area contributed by atoms with Gasteiger partial charge in [-0.25, -0.2) is 4.79 Å². The molecule has 6 heteroatoms. The van der Waals surface area contributed by atoms with Crippen molar-refractivity contribution in [3.63, 3.8) is 0 Å². The summed E-state index contributed by atoms with van der Waals surface area (Å²) in [5.74, 6) is -0.910. The summed E-state index contributed by atoms with van der Waals surface area (Å²) in [6.45, 7) is 6.12. The van der Waals surface area contributed by atoms with Crippen LogP contribution in [-0.4, -0.2) is 42.5 Å². The topological polar surface area (TPSA) is 75.7 Å². The SMILES string of the molecule is CC(C)(C)CC(=O)OCC(=O)N1CCNC1=O. The molecule has 0 aromatic heterocycles. The summed E-state index contributed by atoms with van der Waals surface area (Å²) in [6, 6.07) is -0.429. The Morgan fingerprint density at radius 3 is 2.53 bits per heavy atom. The second-order valence-corrected chi connectivity index (χ2v) is 5.18. The zero-order valence-electron chi connectivity index (χ0n) is 10.4. The number of hydrogen-bond acceptors (Lipinski definition) is 4. The van der Waals surface area contributed by atoms with Crippen molar-refractivity contribution in [3.05, 3.63) is 0 Å². The van der Waals surface area contributed by atoms with E-state index in [1.807, 2.05) is 20.8 Å². The molecule has 1 rings (SSSR count). The predicted octanol–water partition coefficient (Wildman–Crippen LogP) is 0.518. The van der Waals surface area contributed by atoms with E-state index < -0.39 is 17.9 Å². The molecule has 1 heterocycles. The smallest absolute Gasteiger partial charge is 0.324 e. The van der Waals surface area contributed by atoms with E-state index in [0.29, 0.717) is 13.1 Å². The molecule has 1 N–H and O–H groups in total. The van der Waals surface area contributed by atoms with Crippen molar-refractivity contribution in [1.29, 1.82) is 0 Å². The lowest BCUT2D eigenvalue weighted by atomic mass is 9.92. The fourth-order valence-electron chi connectivity index (χ4n) is 1.41. The van der Waals surface area contributed by atoms with Gasteiger partial charge in [0, 0.05) is 13.1 Å². The summed E-state index contributed by atoms with van der Waals surface area (Å²) in [6.07, 6.45) is 0.243. The van der Waals surface area contributed by atoms with E-state index in [4.69, 9.17) is 4.74 Å². The minimum Gasteiger partial charge on any atom is -0.456 e. The highest BCUT2D eigenvalue weighted by Gasteiger charge is 2.27. The largest absolute Gasteiger partial charge is 0.456 e. The van der Waals surface area contributed by atoms with Crippen LogP contribution in [0, 0.1) is 5.41 Å². The van der Waals surface area contributed by atoms with Gasteiger partial charge in [-0.3, -0.25) is 14.5 Å². The highest BCUT2D eigenvalue weighted by Crippen LogP contribution is 2.18. The van der Waals surface area contributed by atoms with Crippen LogP contribution in [-0.2, 0) is 14.3 Å². The van der Waals surface area contributed by atoms with Gasteiger partial charge in [0.15, 0.2) is 6.61 Å². The third-order valence-electron chi connectivity index (χ3n) is 2.19. The average molecular weight is 242 g/mol. The fraction of sp³-hybridized carbons (Fsp3) is 0.727. The number of carbonyl (C=O) groups excluding carboxylic acids is 3. The number of esters is 1. The van der Waals surface area contributed by atoms with Crippen molar-refractivity contribution in [2.24, 2.45) is 5.41 Å². The van der Waals surface area contributed by atoms with E-state index in [2.05, 4.69) is 5.32 Å². The highest BCUT2D eigenvalue weighted by atomic mass is 16.5. The minimum atomic E-state index is -0.484. The van der Waals surface area contributed by atoms with E-state index in [0.717, 1.165) is 4.90 Å². The van der Waals surface area contributed by atoms with Crippen LogP contribution in [0.25, 0.3) is 0 Å². The van der Waals surface area contributed by atoms with Crippen LogP contribution in [0.2, 0.25) is 0 Å². The summed E-state index contributed by atoms with van der Waals surface area (Å²) in [5.41, 5.74) is -0.175. The Morgan fingerprint density at radius 1 is 1.41 bits per heavy atom. The van der Waals surface area contributed by atoms with Crippen LogP contribution in [0.4, 0.5) is 4.79 Å². The predicted molar refractivity (Wildman–Crippen MR) is 60.1 cm³/mol. The molecule has 1 aliphatic rings. The standard InChI is InChI=1S/C11H18N2O4/c1-11(2,3)6-9(15)17-7-8(14)13-5-4-12-10(13)16/h4-7H2,1-3H3,(H,12,16). The average Bonchev–Trinajstić information content (AvgIpc) is 2.58. The van der Waals surface area contributed by atoms with Gasteiger partial charge in [0.2, 0.25) is 0 Å². The molecule has 0 aliphatic carbocycles. The third kappa shape index (κ3) is 4.42. The molecule has 3 amide bonds. The molecule has 0 radical (unpaired) electrons. The van der Waals surface area contributed by atoms with Gasteiger partial charge < -0.3 is 10.1 Å². The van der Waals surface area contributed by atoms with Crippen LogP contribution < -0.4 is 5.32 Å². The number of nitrogens with one attached hydrogen (secondary N) is 1. The number of hydrogen-bond donors (Lipinski definition) is 1. The molecule has 1 aliphatic heterocycles. The summed E-state index contributed by atoms with van der Waals surface area (Å²) < 4.78 is 4.83. The van der Waals surface area contributed by atoms with Gasteiger partial charge >= 0.3 is 12.0 Å². The van der Waals surface area contributed by atoms with Crippen molar-refractivity contribution in [2.75, 3.05) is 19.7 Å². The molecular weight excluding hydrogens is 224 g/mol. The Hall–Kier alpha value is -1.59. The first-order valence-corrected chi connectivity index (χ1v) is 5.53. The lowest BCUT2D eigenvalue weighted by Crippen LogP contribution is -2.37. The van der Waals surface area contributed by atoms with E-state index in [1.165, 1.54) is 0 Å². The van der Waals surface area contributed by atoms with E-state index in [-0.39, 0.29) is 18.4 Å². The van der Waals surface area contributed by atoms with Crippen LogP contribution in [0.15, 0.2) is 0 Å². The molecule has 0 atom stereocenters. The Morgan fingerprint density at radius 2 is 2.06 bits per heavy atom. The first-order chi connectivity index (χ1) is 7.79. The van der Waals surface area contributed by atoms with Gasteiger partial charge in [0.1, 0.15) is 0 Å². The Labute approximate surface area is 100 Å².